The van der Waals surface area contributed by atoms with Gasteiger partial charge in [0.25, 0.3) is 0 Å². The minimum Gasteiger partial charge on any atom is -0.396 e. The Labute approximate surface area is 80.5 Å². The number of ether oxygens (including phenoxy) is 1. The monoisotopic (exact) mass is 187 g/mol. The lowest BCUT2D eigenvalue weighted by atomic mass is 10.1. The van der Waals surface area contributed by atoms with E-state index in [9.17, 15) is 0 Å². The summed E-state index contributed by atoms with van der Waals surface area (Å²) in [6.07, 6.45) is 6.05. The standard InChI is InChI=1S/C10H21NO2/c1-13-8-10(6-7-12)11-9-4-2-3-5-9/h9-12H,2-8H2,1H3. The van der Waals surface area contributed by atoms with Gasteiger partial charge in [-0.05, 0) is 19.3 Å². The summed E-state index contributed by atoms with van der Waals surface area (Å²) in [5.41, 5.74) is 0. The maximum Gasteiger partial charge on any atom is 0.0616 e. The van der Waals surface area contributed by atoms with Gasteiger partial charge < -0.3 is 15.2 Å². The van der Waals surface area contributed by atoms with Crippen LogP contribution < -0.4 is 5.32 Å². The van der Waals surface area contributed by atoms with Crippen molar-refractivity contribution in [3.8, 4) is 0 Å². The van der Waals surface area contributed by atoms with E-state index >= 15 is 0 Å². The largest absolute Gasteiger partial charge is 0.396 e. The molecule has 2 N–H and O–H groups in total. The van der Waals surface area contributed by atoms with Crippen molar-refractivity contribution in [1.29, 1.82) is 0 Å². The Balaban J connectivity index is 2.19. The molecule has 1 rings (SSSR count). The molecule has 3 heteroatoms. The van der Waals surface area contributed by atoms with Crippen molar-refractivity contribution in [2.45, 2.75) is 44.2 Å². The van der Waals surface area contributed by atoms with Crippen LogP contribution in [0.1, 0.15) is 32.1 Å². The summed E-state index contributed by atoms with van der Waals surface area (Å²) in [6, 6.07) is 0.991. The fourth-order valence-electron chi connectivity index (χ4n) is 2.00. The minimum absolute atomic E-state index is 0.244. The fraction of sp³-hybridized carbons (Fsp3) is 1.00. The average Bonchev–Trinajstić information content (AvgIpc) is 2.58. The Morgan fingerprint density at radius 1 is 1.46 bits per heavy atom. The van der Waals surface area contributed by atoms with Crippen LogP contribution in [0.2, 0.25) is 0 Å². The van der Waals surface area contributed by atoms with Crippen molar-refractivity contribution in [2.24, 2.45) is 0 Å². The molecule has 1 saturated carbocycles. The predicted octanol–water partition coefficient (Wildman–Crippen LogP) is 0.916. The highest BCUT2D eigenvalue weighted by atomic mass is 16.5. The maximum absolute atomic E-state index is 8.84. The van der Waals surface area contributed by atoms with E-state index < -0.39 is 0 Å². The van der Waals surface area contributed by atoms with Gasteiger partial charge in [0.2, 0.25) is 0 Å². The summed E-state index contributed by atoms with van der Waals surface area (Å²) in [4.78, 5) is 0. The zero-order valence-corrected chi connectivity index (χ0v) is 8.46. The molecule has 3 nitrogen and oxygen atoms in total. The molecule has 0 aliphatic heterocycles. The van der Waals surface area contributed by atoms with E-state index in [1.165, 1.54) is 25.7 Å². The summed E-state index contributed by atoms with van der Waals surface area (Å²) in [7, 11) is 1.71. The lowest BCUT2D eigenvalue weighted by molar-refractivity contribution is 0.142. The number of aliphatic hydroxyl groups excluding tert-OH is 1. The van der Waals surface area contributed by atoms with Gasteiger partial charge in [-0.3, -0.25) is 0 Å². The number of aliphatic hydroxyl groups is 1. The number of methoxy groups -OCH3 is 1. The SMILES string of the molecule is COCC(CCO)NC1CCCC1. The van der Waals surface area contributed by atoms with E-state index in [1.807, 2.05) is 0 Å². The molecule has 78 valence electrons. The van der Waals surface area contributed by atoms with Crippen LogP contribution in [-0.2, 0) is 4.74 Å². The minimum atomic E-state index is 0.244. The maximum atomic E-state index is 8.84. The predicted molar refractivity (Wildman–Crippen MR) is 52.8 cm³/mol. The number of nitrogens with one attached hydrogen (secondary N) is 1. The van der Waals surface area contributed by atoms with E-state index in [4.69, 9.17) is 9.84 Å². The molecule has 0 spiro atoms. The second-order valence-corrected chi connectivity index (χ2v) is 3.81. The Hall–Kier alpha value is -0.120. The van der Waals surface area contributed by atoms with Crippen LogP contribution in [0.3, 0.4) is 0 Å². The zero-order chi connectivity index (χ0) is 9.52. The van der Waals surface area contributed by atoms with Gasteiger partial charge in [0.1, 0.15) is 0 Å². The topological polar surface area (TPSA) is 41.5 Å². The van der Waals surface area contributed by atoms with Crippen LogP contribution in [-0.4, -0.2) is 37.5 Å². The normalized spacial score (nSPS) is 20.8. The molecule has 0 saturated heterocycles. The molecule has 1 atom stereocenters. The van der Waals surface area contributed by atoms with E-state index in [0.717, 1.165) is 6.42 Å². The van der Waals surface area contributed by atoms with Gasteiger partial charge in [-0.1, -0.05) is 12.8 Å². The van der Waals surface area contributed by atoms with Crippen LogP contribution in [0.15, 0.2) is 0 Å². The van der Waals surface area contributed by atoms with Crippen LogP contribution in [0.5, 0.6) is 0 Å². The molecular formula is C10H21NO2. The van der Waals surface area contributed by atoms with E-state index in [0.29, 0.717) is 18.7 Å². The van der Waals surface area contributed by atoms with Crippen LogP contribution >= 0.6 is 0 Å². The van der Waals surface area contributed by atoms with Crippen LogP contribution in [0.4, 0.5) is 0 Å². The highest BCUT2D eigenvalue weighted by Gasteiger charge is 2.18. The second kappa shape index (κ2) is 6.35. The van der Waals surface area contributed by atoms with Crippen molar-refractivity contribution >= 4 is 0 Å². The highest BCUT2D eigenvalue weighted by molar-refractivity contribution is 4.78. The molecule has 0 aromatic carbocycles. The summed E-state index contributed by atoms with van der Waals surface area (Å²) in [6.45, 7) is 0.949. The quantitative estimate of drug-likeness (QED) is 0.649. The Morgan fingerprint density at radius 3 is 2.69 bits per heavy atom. The Morgan fingerprint density at radius 2 is 2.15 bits per heavy atom. The van der Waals surface area contributed by atoms with Crippen molar-refractivity contribution < 1.29 is 9.84 Å². The molecule has 0 amide bonds. The third-order valence-electron chi connectivity index (χ3n) is 2.67. The molecule has 0 heterocycles. The number of hydrogen-bond donors (Lipinski definition) is 2. The molecule has 1 fully saturated rings. The van der Waals surface area contributed by atoms with Crippen molar-refractivity contribution in [3.63, 3.8) is 0 Å². The van der Waals surface area contributed by atoms with Gasteiger partial charge >= 0.3 is 0 Å². The molecule has 1 aliphatic carbocycles. The number of rotatable bonds is 6. The summed E-state index contributed by atoms with van der Waals surface area (Å²) >= 11 is 0. The first-order valence-corrected chi connectivity index (χ1v) is 5.22. The average molecular weight is 187 g/mol. The first-order chi connectivity index (χ1) is 6.36. The van der Waals surface area contributed by atoms with Gasteiger partial charge in [0.15, 0.2) is 0 Å². The van der Waals surface area contributed by atoms with Gasteiger partial charge in [-0.25, -0.2) is 0 Å². The molecule has 0 radical (unpaired) electrons. The Bertz CT molecular complexity index is 118. The second-order valence-electron chi connectivity index (χ2n) is 3.81. The summed E-state index contributed by atoms with van der Waals surface area (Å²) < 4.78 is 5.09. The van der Waals surface area contributed by atoms with Gasteiger partial charge in [0, 0.05) is 25.8 Å². The summed E-state index contributed by atoms with van der Waals surface area (Å²) in [5, 5.41) is 12.4. The molecule has 13 heavy (non-hydrogen) atoms. The zero-order valence-electron chi connectivity index (χ0n) is 8.46. The van der Waals surface area contributed by atoms with E-state index in [-0.39, 0.29) is 6.61 Å². The molecule has 1 aliphatic rings. The van der Waals surface area contributed by atoms with Crippen LogP contribution in [0.25, 0.3) is 0 Å². The fourth-order valence-corrected chi connectivity index (χ4v) is 2.00. The third kappa shape index (κ3) is 4.07. The van der Waals surface area contributed by atoms with Crippen LogP contribution in [0, 0.1) is 0 Å². The van der Waals surface area contributed by atoms with Crippen molar-refractivity contribution in [3.05, 3.63) is 0 Å². The van der Waals surface area contributed by atoms with Crippen molar-refractivity contribution in [2.75, 3.05) is 20.3 Å². The lowest BCUT2D eigenvalue weighted by Gasteiger charge is -2.21. The summed E-state index contributed by atoms with van der Waals surface area (Å²) in [5.74, 6) is 0. The molecule has 0 aromatic rings. The number of hydrogen-bond acceptors (Lipinski definition) is 3. The lowest BCUT2D eigenvalue weighted by Crippen LogP contribution is -2.40. The first-order valence-electron chi connectivity index (χ1n) is 5.22. The third-order valence-corrected chi connectivity index (χ3v) is 2.67. The smallest absolute Gasteiger partial charge is 0.0616 e. The van der Waals surface area contributed by atoms with Gasteiger partial charge in [0.05, 0.1) is 6.61 Å². The van der Waals surface area contributed by atoms with E-state index in [2.05, 4.69) is 5.32 Å². The highest BCUT2D eigenvalue weighted by Crippen LogP contribution is 2.18. The molecule has 1 unspecified atom stereocenters. The Kier molecular flexibility index (Phi) is 5.35. The van der Waals surface area contributed by atoms with Gasteiger partial charge in [-0.15, -0.1) is 0 Å². The first kappa shape index (κ1) is 11.0. The molecular weight excluding hydrogens is 166 g/mol. The van der Waals surface area contributed by atoms with Gasteiger partial charge in [-0.2, -0.15) is 0 Å². The molecule has 0 bridgehead atoms. The van der Waals surface area contributed by atoms with Crippen molar-refractivity contribution in [1.82, 2.24) is 5.32 Å². The molecule has 0 aromatic heterocycles. The van der Waals surface area contributed by atoms with E-state index in [1.54, 1.807) is 7.11 Å².